The highest BCUT2D eigenvalue weighted by atomic mass is 16.2. The molecule has 1 unspecified atom stereocenters. The molecule has 7 nitrogen and oxygen atoms in total. The lowest BCUT2D eigenvalue weighted by Crippen LogP contribution is -2.47. The van der Waals surface area contributed by atoms with Crippen molar-refractivity contribution in [1.29, 1.82) is 0 Å². The molecule has 2 saturated heterocycles. The molecule has 0 spiro atoms. The van der Waals surface area contributed by atoms with E-state index in [0.29, 0.717) is 31.6 Å². The predicted molar refractivity (Wildman–Crippen MR) is 83.1 cm³/mol. The number of hydrogen-bond donors (Lipinski definition) is 1. The highest BCUT2D eigenvalue weighted by Crippen LogP contribution is 2.35. The first kappa shape index (κ1) is 13.9. The van der Waals surface area contributed by atoms with Gasteiger partial charge < -0.3 is 4.90 Å². The van der Waals surface area contributed by atoms with Gasteiger partial charge in [0, 0.05) is 18.9 Å². The SMILES string of the molecule is Cn1nc(C2CCC(=O)NC2=O)c2cccc(N3CC(=O)C3)c21. The van der Waals surface area contributed by atoms with Gasteiger partial charge in [-0.2, -0.15) is 5.10 Å². The Hall–Kier alpha value is -2.70. The van der Waals surface area contributed by atoms with Gasteiger partial charge in [0.2, 0.25) is 11.8 Å². The maximum absolute atomic E-state index is 12.2. The third-order valence-electron chi connectivity index (χ3n) is 4.52. The summed E-state index contributed by atoms with van der Waals surface area (Å²) in [5.74, 6) is -0.712. The van der Waals surface area contributed by atoms with Crippen molar-refractivity contribution in [1.82, 2.24) is 15.1 Å². The summed E-state index contributed by atoms with van der Waals surface area (Å²) in [5, 5.41) is 7.83. The number of carbonyl (C=O) groups is 3. The number of nitrogens with one attached hydrogen (secondary N) is 1. The minimum Gasteiger partial charge on any atom is -0.355 e. The van der Waals surface area contributed by atoms with Crippen molar-refractivity contribution < 1.29 is 14.4 Å². The van der Waals surface area contributed by atoms with E-state index in [1.54, 1.807) is 4.68 Å². The van der Waals surface area contributed by atoms with Crippen LogP contribution in [0.1, 0.15) is 24.5 Å². The van der Waals surface area contributed by atoms with Gasteiger partial charge >= 0.3 is 0 Å². The molecular formula is C16H16N4O3. The minimum atomic E-state index is -0.412. The van der Waals surface area contributed by atoms with Crippen LogP contribution >= 0.6 is 0 Å². The average molecular weight is 312 g/mol. The Labute approximate surface area is 132 Å². The molecule has 3 heterocycles. The zero-order valence-corrected chi connectivity index (χ0v) is 12.7. The number of benzene rings is 1. The van der Waals surface area contributed by atoms with Crippen molar-refractivity contribution in [3.05, 3.63) is 23.9 Å². The molecule has 7 heteroatoms. The summed E-state index contributed by atoms with van der Waals surface area (Å²) < 4.78 is 1.76. The summed E-state index contributed by atoms with van der Waals surface area (Å²) in [6, 6.07) is 5.81. The summed E-state index contributed by atoms with van der Waals surface area (Å²) in [6.45, 7) is 0.829. The maximum atomic E-state index is 12.2. The number of imide groups is 1. The molecule has 0 radical (unpaired) electrons. The van der Waals surface area contributed by atoms with E-state index >= 15 is 0 Å². The number of amides is 2. The van der Waals surface area contributed by atoms with Crippen LogP contribution < -0.4 is 10.2 Å². The summed E-state index contributed by atoms with van der Waals surface area (Å²) in [7, 11) is 1.84. The molecule has 4 rings (SSSR count). The molecule has 23 heavy (non-hydrogen) atoms. The van der Waals surface area contributed by atoms with Crippen LogP contribution in [0.5, 0.6) is 0 Å². The topological polar surface area (TPSA) is 84.3 Å². The molecule has 1 aromatic heterocycles. The molecule has 1 N–H and O–H groups in total. The molecule has 2 aromatic rings. The molecule has 2 aliphatic heterocycles. The third-order valence-corrected chi connectivity index (χ3v) is 4.52. The van der Waals surface area contributed by atoms with Crippen LogP contribution in [0, 0.1) is 0 Å². The van der Waals surface area contributed by atoms with Crippen molar-refractivity contribution in [3.8, 4) is 0 Å². The van der Waals surface area contributed by atoms with Crippen molar-refractivity contribution in [2.75, 3.05) is 18.0 Å². The fraction of sp³-hybridized carbons (Fsp3) is 0.375. The second-order valence-corrected chi connectivity index (χ2v) is 6.08. The van der Waals surface area contributed by atoms with Gasteiger partial charge in [0.1, 0.15) is 0 Å². The zero-order chi connectivity index (χ0) is 16.1. The fourth-order valence-electron chi connectivity index (χ4n) is 3.36. The van der Waals surface area contributed by atoms with Crippen LogP contribution in [0.2, 0.25) is 0 Å². The monoisotopic (exact) mass is 312 g/mol. The smallest absolute Gasteiger partial charge is 0.235 e. The molecule has 2 amide bonds. The second kappa shape index (κ2) is 4.91. The highest BCUT2D eigenvalue weighted by Gasteiger charge is 2.33. The van der Waals surface area contributed by atoms with Crippen LogP contribution in [0.3, 0.4) is 0 Å². The number of aromatic nitrogens is 2. The third kappa shape index (κ3) is 2.11. The first-order valence-electron chi connectivity index (χ1n) is 7.60. The summed E-state index contributed by atoms with van der Waals surface area (Å²) in [4.78, 5) is 36.8. The minimum absolute atomic E-state index is 0.217. The number of hydrogen-bond acceptors (Lipinski definition) is 5. The normalized spacial score (nSPS) is 21.5. The standard InChI is InChI=1S/C16H16N4O3/c1-19-15-10(3-2-4-12(15)20-7-9(21)8-20)14(18-19)11-5-6-13(22)17-16(11)23/h2-4,11H,5-8H2,1H3,(H,17,22,23). The van der Waals surface area contributed by atoms with Crippen molar-refractivity contribution >= 4 is 34.2 Å². The van der Waals surface area contributed by atoms with E-state index in [1.165, 1.54) is 0 Å². The van der Waals surface area contributed by atoms with Gasteiger partial charge in [-0.3, -0.25) is 24.4 Å². The van der Waals surface area contributed by atoms with Gasteiger partial charge in [0.25, 0.3) is 0 Å². The van der Waals surface area contributed by atoms with Gasteiger partial charge in [-0.1, -0.05) is 12.1 Å². The quantitative estimate of drug-likeness (QED) is 0.816. The molecule has 1 atom stereocenters. The summed E-state index contributed by atoms with van der Waals surface area (Å²) in [5.41, 5.74) is 2.57. The van der Waals surface area contributed by atoms with Crippen LogP contribution in [0.15, 0.2) is 18.2 Å². The Bertz CT molecular complexity index is 846. The van der Waals surface area contributed by atoms with Gasteiger partial charge in [-0.25, -0.2) is 0 Å². The average Bonchev–Trinajstić information content (AvgIpc) is 2.81. The number of ketones is 1. The zero-order valence-electron chi connectivity index (χ0n) is 12.7. The number of fused-ring (bicyclic) bond motifs is 1. The molecule has 0 saturated carbocycles. The Balaban J connectivity index is 1.80. The first-order chi connectivity index (χ1) is 11.0. The van der Waals surface area contributed by atoms with Crippen molar-refractivity contribution in [2.45, 2.75) is 18.8 Å². The van der Waals surface area contributed by atoms with Crippen LogP contribution in [0.4, 0.5) is 5.69 Å². The van der Waals surface area contributed by atoms with E-state index in [4.69, 9.17) is 0 Å². The molecule has 0 aliphatic carbocycles. The number of nitrogens with zero attached hydrogens (tertiary/aromatic N) is 3. The van der Waals surface area contributed by atoms with Crippen LogP contribution in [-0.4, -0.2) is 40.5 Å². The summed E-state index contributed by atoms with van der Waals surface area (Å²) in [6.07, 6.45) is 0.804. The Morgan fingerprint density at radius 3 is 2.70 bits per heavy atom. The molecule has 1 aromatic carbocycles. The number of rotatable bonds is 2. The Kier molecular flexibility index (Phi) is 2.97. The molecule has 2 aliphatic rings. The van der Waals surface area contributed by atoms with Crippen LogP contribution in [0.25, 0.3) is 10.9 Å². The van der Waals surface area contributed by atoms with E-state index in [-0.39, 0.29) is 17.6 Å². The summed E-state index contributed by atoms with van der Waals surface area (Å²) >= 11 is 0. The van der Waals surface area contributed by atoms with E-state index in [1.807, 2.05) is 30.1 Å². The van der Waals surface area contributed by atoms with Crippen molar-refractivity contribution in [2.24, 2.45) is 7.05 Å². The molecule has 0 bridgehead atoms. The fourth-order valence-corrected chi connectivity index (χ4v) is 3.36. The van der Waals surface area contributed by atoms with Crippen LogP contribution in [-0.2, 0) is 21.4 Å². The number of para-hydroxylation sites is 1. The van der Waals surface area contributed by atoms with Gasteiger partial charge in [0.15, 0.2) is 5.78 Å². The molecular weight excluding hydrogens is 296 g/mol. The van der Waals surface area contributed by atoms with Gasteiger partial charge in [0.05, 0.1) is 35.9 Å². The lowest BCUT2D eigenvalue weighted by atomic mass is 9.92. The lowest BCUT2D eigenvalue weighted by molar-refractivity contribution is -0.134. The molecule has 118 valence electrons. The lowest BCUT2D eigenvalue weighted by Gasteiger charge is -2.32. The predicted octanol–water partition coefficient (Wildman–Crippen LogP) is 0.483. The first-order valence-corrected chi connectivity index (χ1v) is 7.60. The number of carbonyl (C=O) groups excluding carboxylic acids is 3. The maximum Gasteiger partial charge on any atom is 0.235 e. The van der Waals surface area contributed by atoms with Gasteiger partial charge in [-0.15, -0.1) is 0 Å². The Morgan fingerprint density at radius 1 is 1.22 bits per heavy atom. The van der Waals surface area contributed by atoms with E-state index in [2.05, 4.69) is 10.4 Å². The van der Waals surface area contributed by atoms with Crippen molar-refractivity contribution in [3.63, 3.8) is 0 Å². The number of aryl methyl sites for hydroxylation is 1. The van der Waals surface area contributed by atoms with E-state index < -0.39 is 5.92 Å². The largest absolute Gasteiger partial charge is 0.355 e. The van der Waals surface area contributed by atoms with E-state index in [9.17, 15) is 14.4 Å². The second-order valence-electron chi connectivity index (χ2n) is 6.08. The number of piperidine rings is 1. The number of Topliss-reactive ketones (excluding diaryl/α,β-unsaturated/α-hetero) is 1. The van der Waals surface area contributed by atoms with Gasteiger partial charge in [-0.05, 0) is 12.5 Å². The molecule has 2 fully saturated rings. The number of anilines is 1. The van der Waals surface area contributed by atoms with E-state index in [0.717, 1.165) is 16.6 Å². The Morgan fingerprint density at radius 2 is 2.00 bits per heavy atom. The highest BCUT2D eigenvalue weighted by molar-refractivity contribution is 6.05.